The van der Waals surface area contributed by atoms with Crippen molar-refractivity contribution >= 4 is 11.7 Å². The molecule has 7 heteroatoms. The molecule has 90 valence electrons. The van der Waals surface area contributed by atoms with E-state index in [0.717, 1.165) is 0 Å². The number of carbonyl (C=O) groups is 1. The second kappa shape index (κ2) is 4.69. The lowest BCUT2D eigenvalue weighted by atomic mass is 10.5. The van der Waals surface area contributed by atoms with Gasteiger partial charge in [0.25, 0.3) is 0 Å². The van der Waals surface area contributed by atoms with Crippen LogP contribution in [0.3, 0.4) is 0 Å². The van der Waals surface area contributed by atoms with E-state index in [0.29, 0.717) is 11.4 Å². The average Bonchev–Trinajstić information content (AvgIpc) is 2.85. The van der Waals surface area contributed by atoms with Gasteiger partial charge in [-0.25, -0.2) is 0 Å². The van der Waals surface area contributed by atoms with Crippen LogP contribution in [-0.2, 0) is 29.7 Å². The first-order valence-electron chi connectivity index (χ1n) is 5.05. The van der Waals surface area contributed by atoms with Gasteiger partial charge in [0, 0.05) is 19.4 Å². The van der Waals surface area contributed by atoms with Crippen molar-refractivity contribution in [2.24, 2.45) is 7.05 Å². The Kier molecular flexibility index (Phi) is 3.08. The van der Waals surface area contributed by atoms with Gasteiger partial charge in [0.05, 0.1) is 17.6 Å². The summed E-state index contributed by atoms with van der Waals surface area (Å²) in [6, 6.07) is 1.79. The molecular weight excluding hydrogens is 222 g/mol. The van der Waals surface area contributed by atoms with Crippen LogP contribution in [0.4, 0.5) is 5.69 Å². The number of nitrogens with two attached hydrogens (primary N) is 1. The maximum absolute atomic E-state index is 11.4. The zero-order chi connectivity index (χ0) is 12.3. The molecule has 2 N–H and O–H groups in total. The molecule has 17 heavy (non-hydrogen) atoms. The molecule has 0 radical (unpaired) electrons. The third-order valence-electron chi connectivity index (χ3n) is 2.09. The van der Waals surface area contributed by atoms with Crippen LogP contribution in [-0.4, -0.2) is 25.5 Å². The van der Waals surface area contributed by atoms with Gasteiger partial charge in [-0.05, 0) is 6.07 Å². The van der Waals surface area contributed by atoms with Gasteiger partial charge in [0.15, 0.2) is 0 Å². The largest absolute Gasteiger partial charge is 0.458 e. The minimum atomic E-state index is -0.376. The number of aromatic nitrogens is 4. The van der Waals surface area contributed by atoms with Gasteiger partial charge >= 0.3 is 5.97 Å². The van der Waals surface area contributed by atoms with E-state index in [9.17, 15) is 4.79 Å². The Morgan fingerprint density at radius 2 is 2.41 bits per heavy atom. The first kappa shape index (κ1) is 11.2. The summed E-state index contributed by atoms with van der Waals surface area (Å²) in [5.74, 6) is -0.376. The van der Waals surface area contributed by atoms with Crippen molar-refractivity contribution in [2.75, 3.05) is 5.73 Å². The molecule has 0 aliphatic rings. The van der Waals surface area contributed by atoms with E-state index >= 15 is 0 Å². The van der Waals surface area contributed by atoms with E-state index in [2.05, 4.69) is 10.2 Å². The molecule has 0 aliphatic carbocycles. The smallest absolute Gasteiger partial charge is 0.328 e. The third-order valence-corrected chi connectivity index (χ3v) is 2.09. The first-order chi connectivity index (χ1) is 8.13. The number of esters is 1. The molecule has 0 unspecified atom stereocenters. The van der Waals surface area contributed by atoms with Gasteiger partial charge < -0.3 is 10.5 Å². The fourth-order valence-corrected chi connectivity index (χ4v) is 1.34. The lowest BCUT2D eigenvalue weighted by Crippen LogP contribution is -2.14. The van der Waals surface area contributed by atoms with Crippen LogP contribution >= 0.6 is 0 Å². The Hall–Kier alpha value is -2.31. The summed E-state index contributed by atoms with van der Waals surface area (Å²) in [6.45, 7) is 0.209. The van der Waals surface area contributed by atoms with Gasteiger partial charge in [-0.3, -0.25) is 14.2 Å². The predicted molar refractivity (Wildman–Crippen MR) is 59.6 cm³/mol. The normalized spacial score (nSPS) is 10.4. The number of rotatable bonds is 4. The molecule has 0 saturated heterocycles. The fraction of sp³-hybridized carbons (Fsp3) is 0.300. The average molecular weight is 235 g/mol. The lowest BCUT2D eigenvalue weighted by molar-refractivity contribution is -0.146. The zero-order valence-electron chi connectivity index (χ0n) is 9.41. The minimum Gasteiger partial charge on any atom is -0.458 e. The van der Waals surface area contributed by atoms with Crippen molar-refractivity contribution in [1.29, 1.82) is 0 Å². The number of aryl methyl sites for hydroxylation is 1. The second-order valence-corrected chi connectivity index (χ2v) is 3.61. The molecule has 7 nitrogen and oxygen atoms in total. The van der Waals surface area contributed by atoms with Crippen molar-refractivity contribution < 1.29 is 9.53 Å². The molecule has 2 aromatic rings. The molecule has 2 aromatic heterocycles. The van der Waals surface area contributed by atoms with Crippen LogP contribution in [0.2, 0.25) is 0 Å². The molecule has 0 aliphatic heterocycles. The Labute approximate surface area is 97.8 Å². The van der Waals surface area contributed by atoms with E-state index in [1.54, 1.807) is 30.2 Å². The third kappa shape index (κ3) is 3.07. The molecule has 0 atom stereocenters. The van der Waals surface area contributed by atoms with Crippen LogP contribution in [0, 0.1) is 0 Å². The van der Waals surface area contributed by atoms with Gasteiger partial charge in [-0.15, -0.1) is 0 Å². The lowest BCUT2D eigenvalue weighted by Gasteiger charge is -2.02. The monoisotopic (exact) mass is 235 g/mol. The highest BCUT2D eigenvalue weighted by atomic mass is 16.5. The molecule has 2 rings (SSSR count). The van der Waals surface area contributed by atoms with Crippen LogP contribution in [0.15, 0.2) is 24.7 Å². The number of carbonyl (C=O) groups excluding carboxylic acids is 1. The van der Waals surface area contributed by atoms with Gasteiger partial charge in [0.2, 0.25) is 0 Å². The predicted octanol–water partition coefficient (Wildman–Crippen LogP) is -0.0578. The Bertz CT molecular complexity index is 516. The number of hydrogen-bond donors (Lipinski definition) is 1. The van der Waals surface area contributed by atoms with Crippen LogP contribution < -0.4 is 5.73 Å². The molecular formula is C10H13N5O2. The Morgan fingerprint density at radius 3 is 3.00 bits per heavy atom. The van der Waals surface area contributed by atoms with E-state index in [-0.39, 0.29) is 19.1 Å². The molecule has 0 saturated carbocycles. The van der Waals surface area contributed by atoms with E-state index < -0.39 is 0 Å². The Balaban J connectivity index is 1.82. The first-order valence-corrected chi connectivity index (χ1v) is 5.05. The minimum absolute atomic E-state index is 0.0457. The summed E-state index contributed by atoms with van der Waals surface area (Å²) in [5, 5.41) is 7.98. The maximum atomic E-state index is 11.4. The van der Waals surface area contributed by atoms with Crippen molar-refractivity contribution in [3.8, 4) is 0 Å². The highest BCUT2D eigenvalue weighted by molar-refractivity contribution is 5.69. The summed E-state index contributed by atoms with van der Waals surface area (Å²) < 4.78 is 8.12. The summed E-state index contributed by atoms with van der Waals surface area (Å²) in [7, 11) is 1.80. The van der Waals surface area contributed by atoms with E-state index in [1.165, 1.54) is 10.9 Å². The molecule has 0 bridgehead atoms. The fourth-order valence-electron chi connectivity index (χ4n) is 1.34. The Morgan fingerprint density at radius 1 is 1.59 bits per heavy atom. The topological polar surface area (TPSA) is 88.0 Å². The zero-order valence-corrected chi connectivity index (χ0v) is 9.41. The van der Waals surface area contributed by atoms with Crippen LogP contribution in [0.1, 0.15) is 5.69 Å². The highest BCUT2D eigenvalue weighted by Crippen LogP contribution is 2.00. The molecule has 0 amide bonds. The summed E-state index contributed by atoms with van der Waals surface area (Å²) in [6.07, 6.45) is 4.84. The number of nitrogens with zero attached hydrogens (tertiary/aromatic N) is 4. The molecule has 0 spiro atoms. The van der Waals surface area contributed by atoms with Gasteiger partial charge in [0.1, 0.15) is 13.2 Å². The SMILES string of the molecule is Cn1ccc(COC(=O)Cn2cc(N)cn2)n1. The van der Waals surface area contributed by atoms with Crippen molar-refractivity contribution in [3.63, 3.8) is 0 Å². The van der Waals surface area contributed by atoms with E-state index in [4.69, 9.17) is 10.5 Å². The molecule has 0 fully saturated rings. The molecule has 0 aromatic carbocycles. The number of anilines is 1. The summed E-state index contributed by atoms with van der Waals surface area (Å²) >= 11 is 0. The summed E-state index contributed by atoms with van der Waals surface area (Å²) in [4.78, 5) is 11.4. The molecule has 2 heterocycles. The number of ether oxygens (including phenoxy) is 1. The quantitative estimate of drug-likeness (QED) is 0.750. The van der Waals surface area contributed by atoms with E-state index in [1.807, 2.05) is 0 Å². The summed E-state index contributed by atoms with van der Waals surface area (Å²) in [5.41, 5.74) is 6.70. The maximum Gasteiger partial charge on any atom is 0.328 e. The number of hydrogen-bond acceptors (Lipinski definition) is 5. The van der Waals surface area contributed by atoms with Crippen molar-refractivity contribution in [1.82, 2.24) is 19.6 Å². The number of nitrogen functional groups attached to an aromatic ring is 1. The highest BCUT2D eigenvalue weighted by Gasteiger charge is 2.06. The van der Waals surface area contributed by atoms with Gasteiger partial charge in [-0.2, -0.15) is 10.2 Å². The second-order valence-electron chi connectivity index (χ2n) is 3.61. The van der Waals surface area contributed by atoms with Gasteiger partial charge in [-0.1, -0.05) is 0 Å². The van der Waals surface area contributed by atoms with Crippen molar-refractivity contribution in [3.05, 3.63) is 30.4 Å². The van der Waals surface area contributed by atoms with Crippen LogP contribution in [0.25, 0.3) is 0 Å². The van der Waals surface area contributed by atoms with Crippen molar-refractivity contribution in [2.45, 2.75) is 13.2 Å². The van der Waals surface area contributed by atoms with Crippen LogP contribution in [0.5, 0.6) is 0 Å². The standard InChI is InChI=1S/C10H13N5O2/c1-14-3-2-9(13-14)7-17-10(16)6-15-5-8(11)4-12-15/h2-5H,6-7,11H2,1H3.